The monoisotopic (exact) mass is 271 g/mol. The van der Waals surface area contributed by atoms with Gasteiger partial charge in [-0.2, -0.15) is 0 Å². The van der Waals surface area contributed by atoms with Crippen molar-refractivity contribution in [3.8, 4) is 0 Å². The summed E-state index contributed by atoms with van der Waals surface area (Å²) in [6.07, 6.45) is 0.124. The molecular formula is C13H18ClNO3. The number of aryl methyl sites for hydroxylation is 1. The summed E-state index contributed by atoms with van der Waals surface area (Å²) in [7, 11) is 1.71. The predicted octanol–water partition coefficient (Wildman–Crippen LogP) is 2.60. The number of hydrogen-bond donors (Lipinski definition) is 0. The highest BCUT2D eigenvalue weighted by molar-refractivity contribution is 6.67. The van der Waals surface area contributed by atoms with E-state index in [1.54, 1.807) is 24.6 Å². The lowest BCUT2D eigenvalue weighted by atomic mass is 10.2. The minimum absolute atomic E-state index is 0.124. The van der Waals surface area contributed by atoms with E-state index in [0.717, 1.165) is 5.56 Å². The smallest absolute Gasteiger partial charge is 0.312 e. The van der Waals surface area contributed by atoms with Crippen molar-refractivity contribution < 1.29 is 14.3 Å². The van der Waals surface area contributed by atoms with Gasteiger partial charge in [0.15, 0.2) is 0 Å². The molecule has 0 unspecified atom stereocenters. The molecule has 0 fully saturated rings. The molecule has 0 spiro atoms. The Kier molecular flexibility index (Phi) is 4.22. The number of rotatable bonds is 3. The summed E-state index contributed by atoms with van der Waals surface area (Å²) in [5.41, 5.74) is 1.37. The van der Waals surface area contributed by atoms with Gasteiger partial charge in [0, 0.05) is 12.7 Å². The van der Waals surface area contributed by atoms with E-state index in [1.807, 2.05) is 20.8 Å². The maximum absolute atomic E-state index is 11.7. The van der Waals surface area contributed by atoms with Crippen LogP contribution < -0.4 is 0 Å². The third-order valence-corrected chi connectivity index (χ3v) is 2.63. The molecule has 1 heterocycles. The van der Waals surface area contributed by atoms with E-state index in [2.05, 4.69) is 0 Å². The van der Waals surface area contributed by atoms with Gasteiger partial charge in [0.1, 0.15) is 11.3 Å². The zero-order chi connectivity index (χ0) is 14.1. The molecule has 0 radical (unpaired) electrons. The molecule has 18 heavy (non-hydrogen) atoms. The highest BCUT2D eigenvalue weighted by Gasteiger charge is 2.20. The molecule has 0 N–H and O–H groups in total. The Morgan fingerprint density at radius 2 is 1.94 bits per heavy atom. The summed E-state index contributed by atoms with van der Waals surface area (Å²) < 4.78 is 6.87. The maximum atomic E-state index is 11.7. The van der Waals surface area contributed by atoms with Gasteiger partial charge in [0.2, 0.25) is 0 Å². The molecule has 0 aliphatic heterocycles. The second kappa shape index (κ2) is 5.14. The zero-order valence-electron chi connectivity index (χ0n) is 11.3. The molecule has 0 saturated carbocycles. The molecule has 0 amide bonds. The van der Waals surface area contributed by atoms with Crippen molar-refractivity contribution in [3.63, 3.8) is 0 Å². The van der Waals surface area contributed by atoms with Gasteiger partial charge in [-0.25, -0.2) is 0 Å². The van der Waals surface area contributed by atoms with E-state index in [0.29, 0.717) is 11.4 Å². The largest absolute Gasteiger partial charge is 0.460 e. The molecule has 0 aliphatic rings. The molecule has 4 nitrogen and oxygen atoms in total. The highest BCUT2D eigenvalue weighted by Crippen LogP contribution is 2.18. The lowest BCUT2D eigenvalue weighted by molar-refractivity contribution is -0.154. The number of carbonyl (C=O) groups is 2. The fourth-order valence-corrected chi connectivity index (χ4v) is 2.08. The molecule has 0 bridgehead atoms. The van der Waals surface area contributed by atoms with E-state index < -0.39 is 10.8 Å². The van der Waals surface area contributed by atoms with Crippen molar-refractivity contribution in [3.05, 3.63) is 23.0 Å². The van der Waals surface area contributed by atoms with Gasteiger partial charge in [0.05, 0.1) is 6.42 Å². The van der Waals surface area contributed by atoms with Crippen LogP contribution in [0.1, 0.15) is 42.5 Å². The first-order valence-corrected chi connectivity index (χ1v) is 6.06. The van der Waals surface area contributed by atoms with Crippen LogP contribution in [0.5, 0.6) is 0 Å². The number of hydrogen-bond acceptors (Lipinski definition) is 3. The third kappa shape index (κ3) is 3.60. The summed E-state index contributed by atoms with van der Waals surface area (Å²) >= 11 is 5.49. The standard InChI is InChI=1S/C13H18ClNO3/c1-8-6-9(15(5)11(8)12(14)17)7-10(16)18-13(2,3)4/h6H,7H2,1-5H3. The molecule has 0 saturated heterocycles. The van der Waals surface area contributed by atoms with Crippen molar-refractivity contribution in [1.82, 2.24) is 4.57 Å². The Bertz CT molecular complexity index is 483. The van der Waals surface area contributed by atoms with Gasteiger partial charge >= 0.3 is 5.97 Å². The van der Waals surface area contributed by atoms with Crippen LogP contribution in [0.3, 0.4) is 0 Å². The fraction of sp³-hybridized carbons (Fsp3) is 0.538. The third-order valence-electron chi connectivity index (χ3n) is 2.45. The number of aromatic nitrogens is 1. The lowest BCUT2D eigenvalue weighted by Gasteiger charge is -2.19. The molecule has 0 aliphatic carbocycles. The number of ether oxygens (including phenoxy) is 1. The Labute approximate surface area is 112 Å². The van der Waals surface area contributed by atoms with Gasteiger partial charge in [-0.3, -0.25) is 9.59 Å². The molecule has 0 aromatic carbocycles. The second-order valence-electron chi connectivity index (χ2n) is 5.26. The van der Waals surface area contributed by atoms with Gasteiger partial charge in [-0.05, 0) is 50.9 Å². The molecule has 1 aromatic rings. The minimum Gasteiger partial charge on any atom is -0.460 e. The van der Waals surface area contributed by atoms with Crippen molar-refractivity contribution in [1.29, 1.82) is 0 Å². The van der Waals surface area contributed by atoms with E-state index in [4.69, 9.17) is 16.3 Å². The average molecular weight is 272 g/mol. The van der Waals surface area contributed by atoms with Crippen LogP contribution in [0.2, 0.25) is 0 Å². The lowest BCUT2D eigenvalue weighted by Crippen LogP contribution is -2.25. The second-order valence-corrected chi connectivity index (χ2v) is 5.61. The van der Waals surface area contributed by atoms with Gasteiger partial charge in [0.25, 0.3) is 5.24 Å². The molecule has 5 heteroatoms. The molecule has 1 aromatic heterocycles. The molecule has 100 valence electrons. The summed E-state index contributed by atoms with van der Waals surface area (Å²) in [4.78, 5) is 23.0. The molecule has 1 rings (SSSR count). The van der Waals surface area contributed by atoms with Gasteiger partial charge < -0.3 is 9.30 Å². The van der Waals surface area contributed by atoms with Crippen LogP contribution in [-0.2, 0) is 23.0 Å². The van der Waals surface area contributed by atoms with Crippen LogP contribution in [0.15, 0.2) is 6.07 Å². The Morgan fingerprint density at radius 3 is 2.33 bits per heavy atom. The van der Waals surface area contributed by atoms with Crippen LogP contribution in [0, 0.1) is 6.92 Å². The SMILES string of the molecule is Cc1cc(CC(=O)OC(C)(C)C)n(C)c1C(=O)Cl. The zero-order valence-corrected chi connectivity index (χ0v) is 12.1. The predicted molar refractivity (Wildman–Crippen MR) is 69.9 cm³/mol. The first-order chi connectivity index (χ1) is 8.11. The topological polar surface area (TPSA) is 48.3 Å². The van der Waals surface area contributed by atoms with Crippen LogP contribution in [-0.4, -0.2) is 21.4 Å². The van der Waals surface area contributed by atoms with Gasteiger partial charge in [-0.15, -0.1) is 0 Å². The molecular weight excluding hydrogens is 254 g/mol. The number of carbonyl (C=O) groups excluding carboxylic acids is 2. The average Bonchev–Trinajstić information content (AvgIpc) is 2.37. The van der Waals surface area contributed by atoms with Crippen molar-refractivity contribution >= 4 is 22.8 Å². The summed E-state index contributed by atoms with van der Waals surface area (Å²) in [6, 6.07) is 1.78. The summed E-state index contributed by atoms with van der Waals surface area (Å²) in [5, 5.41) is -0.523. The van der Waals surface area contributed by atoms with Gasteiger partial charge in [-0.1, -0.05) is 0 Å². The van der Waals surface area contributed by atoms with E-state index in [9.17, 15) is 9.59 Å². The van der Waals surface area contributed by atoms with Crippen LogP contribution in [0.25, 0.3) is 0 Å². The van der Waals surface area contributed by atoms with E-state index >= 15 is 0 Å². The van der Waals surface area contributed by atoms with Crippen molar-refractivity contribution in [2.24, 2.45) is 7.05 Å². The van der Waals surface area contributed by atoms with Crippen LogP contribution in [0.4, 0.5) is 0 Å². The fourth-order valence-electron chi connectivity index (χ4n) is 1.81. The summed E-state index contributed by atoms with van der Waals surface area (Å²) in [6.45, 7) is 7.23. The van der Waals surface area contributed by atoms with E-state index in [1.165, 1.54) is 0 Å². The number of halogens is 1. The molecule has 0 atom stereocenters. The quantitative estimate of drug-likeness (QED) is 0.627. The Hall–Kier alpha value is -1.29. The number of esters is 1. The van der Waals surface area contributed by atoms with Crippen LogP contribution >= 0.6 is 11.6 Å². The Balaban J connectivity index is 2.90. The maximum Gasteiger partial charge on any atom is 0.312 e. The number of nitrogens with zero attached hydrogens (tertiary/aromatic N) is 1. The van der Waals surface area contributed by atoms with E-state index in [-0.39, 0.29) is 12.4 Å². The normalized spacial score (nSPS) is 11.4. The summed E-state index contributed by atoms with van der Waals surface area (Å²) in [5.74, 6) is -0.323. The first-order valence-electron chi connectivity index (χ1n) is 5.68. The first kappa shape index (κ1) is 14.8. The van der Waals surface area contributed by atoms with Crippen molar-refractivity contribution in [2.75, 3.05) is 0 Å². The Morgan fingerprint density at radius 1 is 1.39 bits per heavy atom. The highest BCUT2D eigenvalue weighted by atomic mass is 35.5. The van der Waals surface area contributed by atoms with Crippen molar-refractivity contribution in [2.45, 2.75) is 39.7 Å². The minimum atomic E-state index is -0.523.